The van der Waals surface area contributed by atoms with E-state index in [4.69, 9.17) is 20.9 Å². The fraction of sp³-hybridized carbons (Fsp3) is 0.615. The van der Waals surface area contributed by atoms with Gasteiger partial charge >= 0.3 is 12.0 Å². The van der Waals surface area contributed by atoms with Crippen molar-refractivity contribution in [1.29, 1.82) is 0 Å². The van der Waals surface area contributed by atoms with Crippen LogP contribution in [0.4, 0.5) is 10.5 Å². The van der Waals surface area contributed by atoms with Crippen molar-refractivity contribution in [1.82, 2.24) is 10.6 Å². The minimum absolute atomic E-state index is 0.0279. The summed E-state index contributed by atoms with van der Waals surface area (Å²) < 4.78 is 10.1. The first-order valence-corrected chi connectivity index (χ1v) is 13.6. The number of quaternary nitrogens is 1. The van der Waals surface area contributed by atoms with Gasteiger partial charge in [0.15, 0.2) is 6.10 Å². The van der Waals surface area contributed by atoms with Crippen LogP contribution in [0.1, 0.15) is 32.3 Å². The monoisotopic (exact) mass is 614 g/mol. The second-order valence-electron chi connectivity index (χ2n) is 11.2. The van der Waals surface area contributed by atoms with Gasteiger partial charge in [0, 0.05) is 12.1 Å². The number of hydroxylamine groups is 3. The summed E-state index contributed by atoms with van der Waals surface area (Å²) in [6, 6.07) is 1.40. The van der Waals surface area contributed by atoms with Crippen LogP contribution in [0.3, 0.4) is 0 Å². The van der Waals surface area contributed by atoms with E-state index in [1.807, 2.05) is 0 Å². The van der Waals surface area contributed by atoms with E-state index in [1.54, 1.807) is 13.8 Å². The van der Waals surface area contributed by atoms with Crippen molar-refractivity contribution in [2.75, 3.05) is 26.0 Å². The number of carbonyl (C=O) groups excluding carboxylic acids is 3. The molecular formula is C26H42N6O11. The maximum absolute atomic E-state index is 13.5. The van der Waals surface area contributed by atoms with E-state index in [-0.39, 0.29) is 43.3 Å². The van der Waals surface area contributed by atoms with Crippen molar-refractivity contribution in [2.24, 2.45) is 17.4 Å². The standard InChI is InChI=1S/C26H42N6O11/c1-12(2)17(27)23(37)30-14(6-5-9-29-26(28)40)22(36)31-15-10-13(11-32(3,4)41)7-8-16(15)42-25-20(35)18(33)19(34)21(43-25)24(38)39/h7-8,10,12,14,17-21,25,33-35H,5-6,9,11,27H2,1-4H3,(H,30,37)(H,31,36)(H,38,39)(H3,28,29,40)/t14-,17-,18-,19-,20+,21-,25+/m0/s1. The molecule has 1 fully saturated rings. The van der Waals surface area contributed by atoms with Crippen molar-refractivity contribution in [2.45, 2.75) is 76.0 Å². The van der Waals surface area contributed by atoms with Crippen LogP contribution in [0.15, 0.2) is 18.2 Å². The van der Waals surface area contributed by atoms with Gasteiger partial charge in [-0.1, -0.05) is 13.8 Å². The van der Waals surface area contributed by atoms with E-state index in [0.717, 1.165) is 0 Å². The second-order valence-corrected chi connectivity index (χ2v) is 11.2. The lowest BCUT2D eigenvalue weighted by atomic mass is 9.99. The molecule has 11 N–H and O–H groups in total. The van der Waals surface area contributed by atoms with Crippen molar-refractivity contribution in [3.8, 4) is 5.75 Å². The number of aliphatic hydroxyl groups excluding tert-OH is 3. The van der Waals surface area contributed by atoms with E-state index in [1.165, 1.54) is 32.3 Å². The first kappa shape index (κ1) is 35.6. The summed E-state index contributed by atoms with van der Waals surface area (Å²) in [6.45, 7) is 3.54. The average molecular weight is 615 g/mol. The zero-order chi connectivity index (χ0) is 32.6. The zero-order valence-electron chi connectivity index (χ0n) is 24.4. The number of carboxylic acid groups (broad SMARTS) is 1. The number of nitrogens with two attached hydrogens (primary N) is 2. The Hall–Kier alpha value is -3.58. The zero-order valence-corrected chi connectivity index (χ0v) is 24.4. The highest BCUT2D eigenvalue weighted by Crippen LogP contribution is 2.31. The Morgan fingerprint density at radius 1 is 1.09 bits per heavy atom. The molecule has 1 saturated heterocycles. The molecule has 17 nitrogen and oxygen atoms in total. The lowest BCUT2D eigenvalue weighted by molar-refractivity contribution is -0.853. The molecule has 0 saturated carbocycles. The van der Waals surface area contributed by atoms with Gasteiger partial charge in [0.05, 0.1) is 25.8 Å². The van der Waals surface area contributed by atoms with Crippen molar-refractivity contribution in [3.05, 3.63) is 29.0 Å². The molecule has 1 aromatic rings. The maximum atomic E-state index is 13.5. The molecule has 7 atom stereocenters. The molecule has 1 aliphatic heterocycles. The molecule has 242 valence electrons. The number of hydrogen-bond acceptors (Lipinski definition) is 11. The molecule has 43 heavy (non-hydrogen) atoms. The average Bonchev–Trinajstić information content (AvgIpc) is 2.89. The Labute approximate surface area is 248 Å². The second kappa shape index (κ2) is 15.2. The molecule has 0 unspecified atom stereocenters. The lowest BCUT2D eigenvalue weighted by Gasteiger charge is -2.38. The highest BCUT2D eigenvalue weighted by Gasteiger charge is 2.48. The molecule has 1 heterocycles. The number of aliphatic hydroxyl groups is 3. The quantitative estimate of drug-likeness (QED) is 0.0618. The first-order valence-electron chi connectivity index (χ1n) is 13.6. The summed E-state index contributed by atoms with van der Waals surface area (Å²) in [4.78, 5) is 48.7. The Balaban J connectivity index is 2.40. The summed E-state index contributed by atoms with van der Waals surface area (Å²) in [5, 5.41) is 59.8. The molecule has 1 aromatic carbocycles. The fourth-order valence-corrected chi connectivity index (χ4v) is 4.17. The number of aliphatic carboxylic acids is 1. The Morgan fingerprint density at radius 3 is 2.30 bits per heavy atom. The molecule has 4 amide bonds. The molecule has 17 heteroatoms. The molecule has 0 spiro atoms. The van der Waals surface area contributed by atoms with E-state index in [9.17, 15) is 44.8 Å². The number of hydrogen-bond donors (Lipinski definition) is 9. The summed E-state index contributed by atoms with van der Waals surface area (Å²) in [6.07, 6.45) is -9.19. The number of carboxylic acids is 1. The minimum atomic E-state index is -1.95. The maximum Gasteiger partial charge on any atom is 0.335 e. The lowest BCUT2D eigenvalue weighted by Crippen LogP contribution is -2.61. The molecule has 0 radical (unpaired) electrons. The summed E-state index contributed by atoms with van der Waals surface area (Å²) in [7, 11) is 2.80. The van der Waals surface area contributed by atoms with Crippen LogP contribution in [0.25, 0.3) is 0 Å². The number of nitrogens with zero attached hydrogens (tertiary/aromatic N) is 1. The van der Waals surface area contributed by atoms with Crippen LogP contribution in [0, 0.1) is 11.1 Å². The van der Waals surface area contributed by atoms with E-state index >= 15 is 0 Å². The van der Waals surface area contributed by atoms with Crippen LogP contribution in [0.2, 0.25) is 0 Å². The number of nitrogens with one attached hydrogen (secondary N) is 3. The minimum Gasteiger partial charge on any atom is -0.633 e. The van der Waals surface area contributed by atoms with Crippen LogP contribution >= 0.6 is 0 Å². The van der Waals surface area contributed by atoms with Gasteiger partial charge in [-0.2, -0.15) is 0 Å². The molecular weight excluding hydrogens is 572 g/mol. The number of carbonyl (C=O) groups is 4. The number of benzene rings is 1. The van der Waals surface area contributed by atoms with Crippen molar-refractivity contribution >= 4 is 29.5 Å². The predicted molar refractivity (Wildman–Crippen MR) is 151 cm³/mol. The molecule has 1 aliphatic rings. The van der Waals surface area contributed by atoms with Gasteiger partial charge in [-0.25, -0.2) is 9.59 Å². The first-order chi connectivity index (χ1) is 19.9. The largest absolute Gasteiger partial charge is 0.633 e. The van der Waals surface area contributed by atoms with Crippen LogP contribution in [-0.4, -0.2) is 112 Å². The Morgan fingerprint density at radius 2 is 1.74 bits per heavy atom. The molecule has 0 aromatic heterocycles. The van der Waals surface area contributed by atoms with E-state index < -0.39 is 71.3 Å². The number of amides is 4. The highest BCUT2D eigenvalue weighted by atomic mass is 16.7. The smallest absolute Gasteiger partial charge is 0.335 e. The van der Waals surface area contributed by atoms with Crippen LogP contribution < -0.4 is 32.2 Å². The number of anilines is 1. The SMILES string of the molecule is CC(C)[C@H](N)C(=O)N[C@@H](CCCNC(N)=O)C(=O)Nc1cc(C[N+](C)(C)[O-])ccc1O[C@@H]1O[C@H](C(=O)O)[C@@H](O)[C@H](O)[C@H]1O. The third-order valence-electron chi connectivity index (χ3n) is 6.54. The summed E-state index contributed by atoms with van der Waals surface area (Å²) in [5.41, 5.74) is 11.4. The Kier molecular flexibility index (Phi) is 12.6. The fourth-order valence-electron chi connectivity index (χ4n) is 4.17. The van der Waals surface area contributed by atoms with Gasteiger partial charge in [0.2, 0.25) is 18.1 Å². The van der Waals surface area contributed by atoms with Gasteiger partial charge in [-0.15, -0.1) is 0 Å². The third-order valence-corrected chi connectivity index (χ3v) is 6.54. The predicted octanol–water partition coefficient (Wildman–Crippen LogP) is -2.11. The van der Waals surface area contributed by atoms with Crippen LogP contribution in [-0.2, 0) is 25.7 Å². The van der Waals surface area contributed by atoms with Gasteiger partial charge in [0.25, 0.3) is 0 Å². The summed E-state index contributed by atoms with van der Waals surface area (Å²) >= 11 is 0. The van der Waals surface area contributed by atoms with Gasteiger partial charge in [-0.3, -0.25) is 9.59 Å². The van der Waals surface area contributed by atoms with Gasteiger partial charge < -0.3 is 67.2 Å². The number of ether oxygens (including phenoxy) is 2. The topological polar surface area (TPSA) is 279 Å². The van der Waals surface area contributed by atoms with Crippen molar-refractivity contribution < 1.29 is 53.7 Å². The number of primary amides is 1. The Bertz CT molecular complexity index is 1150. The van der Waals surface area contributed by atoms with Crippen LogP contribution in [0.5, 0.6) is 5.75 Å². The third kappa shape index (κ3) is 10.6. The molecule has 0 bridgehead atoms. The molecule has 0 aliphatic carbocycles. The number of urea groups is 1. The van der Waals surface area contributed by atoms with E-state index in [0.29, 0.717) is 5.56 Å². The number of rotatable bonds is 14. The highest BCUT2D eigenvalue weighted by molar-refractivity contribution is 5.98. The normalized spacial score (nSPS) is 23.6. The van der Waals surface area contributed by atoms with Gasteiger partial charge in [-0.05, 0) is 37.0 Å². The van der Waals surface area contributed by atoms with Gasteiger partial charge in [0.1, 0.15) is 36.6 Å². The van der Waals surface area contributed by atoms with E-state index in [2.05, 4.69) is 16.0 Å². The summed E-state index contributed by atoms with van der Waals surface area (Å²) in [5.74, 6) is -3.33. The molecule has 2 rings (SSSR count). The van der Waals surface area contributed by atoms with Crippen molar-refractivity contribution in [3.63, 3.8) is 0 Å².